The summed E-state index contributed by atoms with van der Waals surface area (Å²) in [6.07, 6.45) is 4.94. The standard InChI is InChI=1S/C27H35N7O4/c1-16(13-34-25(37)20-8-6-5-7-18(20)12-28-34)29-24(36)22-11-19(35)14-32(22)26(38)23(27(2,3)4)33-15-21(30-31-33)17-9-10-17/h5-8,12,15-17,19,22-23,35H,9-11,13-14H2,1-4H3,(H,29,36)/t16?,19-,22+,23-/m1/s1. The molecule has 1 unspecified atom stereocenters. The fourth-order valence-corrected chi connectivity index (χ4v) is 5.23. The number of aromatic nitrogens is 5. The van der Waals surface area contributed by atoms with Crippen molar-refractivity contribution in [1.29, 1.82) is 0 Å². The molecule has 0 radical (unpaired) electrons. The zero-order valence-corrected chi connectivity index (χ0v) is 22.2. The van der Waals surface area contributed by atoms with E-state index in [9.17, 15) is 19.5 Å². The summed E-state index contributed by atoms with van der Waals surface area (Å²) in [6, 6.07) is 5.27. The number of amides is 2. The van der Waals surface area contributed by atoms with Crippen molar-refractivity contribution in [3.05, 3.63) is 52.7 Å². The van der Waals surface area contributed by atoms with Crippen LogP contribution in [0.4, 0.5) is 0 Å². The van der Waals surface area contributed by atoms with Gasteiger partial charge in [-0.25, -0.2) is 9.36 Å². The second-order valence-corrected chi connectivity index (χ2v) is 11.7. The Hall–Kier alpha value is -3.60. The van der Waals surface area contributed by atoms with Gasteiger partial charge in [0.05, 0.1) is 29.9 Å². The number of likely N-dealkylation sites (tertiary alicyclic amines) is 1. The molecular formula is C27H35N7O4. The predicted molar refractivity (Wildman–Crippen MR) is 140 cm³/mol. The van der Waals surface area contributed by atoms with E-state index in [0.29, 0.717) is 11.3 Å². The van der Waals surface area contributed by atoms with Gasteiger partial charge >= 0.3 is 0 Å². The fraction of sp³-hybridized carbons (Fsp3) is 0.556. The van der Waals surface area contributed by atoms with E-state index in [4.69, 9.17) is 0 Å². The number of carbonyl (C=O) groups excluding carboxylic acids is 2. The number of benzene rings is 1. The number of hydrogen-bond donors (Lipinski definition) is 2. The van der Waals surface area contributed by atoms with Crippen LogP contribution in [0, 0.1) is 5.41 Å². The minimum Gasteiger partial charge on any atom is -0.391 e. The van der Waals surface area contributed by atoms with Crippen LogP contribution in [0.1, 0.15) is 64.6 Å². The lowest BCUT2D eigenvalue weighted by Crippen LogP contribution is -2.52. The van der Waals surface area contributed by atoms with Gasteiger partial charge in [0.2, 0.25) is 11.8 Å². The molecule has 2 amide bonds. The average Bonchev–Trinajstić information content (AvgIpc) is 3.46. The summed E-state index contributed by atoms with van der Waals surface area (Å²) in [4.78, 5) is 41.5. The maximum atomic E-state index is 13.9. The number of nitrogens with zero attached hydrogens (tertiary/aromatic N) is 6. The quantitative estimate of drug-likeness (QED) is 0.482. The molecule has 11 nitrogen and oxygen atoms in total. The Labute approximate surface area is 220 Å². The van der Waals surface area contributed by atoms with Gasteiger partial charge in [-0.2, -0.15) is 5.10 Å². The van der Waals surface area contributed by atoms with Gasteiger partial charge in [0.15, 0.2) is 0 Å². The number of rotatable bonds is 7. The Morgan fingerprint density at radius 3 is 2.66 bits per heavy atom. The van der Waals surface area contributed by atoms with Gasteiger partial charge in [-0.15, -0.1) is 5.10 Å². The first-order valence-electron chi connectivity index (χ1n) is 13.2. The van der Waals surface area contributed by atoms with E-state index in [1.54, 1.807) is 29.9 Å². The second-order valence-electron chi connectivity index (χ2n) is 11.7. The van der Waals surface area contributed by atoms with Crippen LogP contribution < -0.4 is 10.9 Å². The van der Waals surface area contributed by atoms with Gasteiger partial charge in [-0.1, -0.05) is 44.2 Å². The van der Waals surface area contributed by atoms with Crippen molar-refractivity contribution in [2.24, 2.45) is 5.41 Å². The minimum absolute atomic E-state index is 0.0632. The van der Waals surface area contributed by atoms with Crippen molar-refractivity contribution in [2.75, 3.05) is 6.54 Å². The van der Waals surface area contributed by atoms with Gasteiger partial charge in [0.25, 0.3) is 5.56 Å². The van der Waals surface area contributed by atoms with E-state index in [2.05, 4.69) is 20.7 Å². The highest BCUT2D eigenvalue weighted by molar-refractivity contribution is 5.90. The number of hydrogen-bond acceptors (Lipinski definition) is 7. The van der Waals surface area contributed by atoms with Crippen molar-refractivity contribution in [3.63, 3.8) is 0 Å². The molecule has 38 heavy (non-hydrogen) atoms. The Balaban J connectivity index is 1.31. The molecule has 2 aromatic heterocycles. The lowest BCUT2D eigenvalue weighted by molar-refractivity contribution is -0.144. The molecule has 1 aromatic carbocycles. The molecule has 202 valence electrons. The van der Waals surface area contributed by atoms with E-state index < -0.39 is 29.6 Å². The van der Waals surface area contributed by atoms with Crippen LogP contribution in [-0.4, -0.2) is 71.3 Å². The predicted octanol–water partition coefficient (Wildman–Crippen LogP) is 1.62. The highest BCUT2D eigenvalue weighted by Gasteiger charge is 2.45. The van der Waals surface area contributed by atoms with Gasteiger partial charge in [0.1, 0.15) is 12.1 Å². The largest absolute Gasteiger partial charge is 0.391 e. The Morgan fingerprint density at radius 1 is 1.21 bits per heavy atom. The number of carbonyl (C=O) groups is 2. The molecule has 0 bridgehead atoms. The number of aliphatic hydroxyl groups excluding tert-OH is 1. The highest BCUT2D eigenvalue weighted by atomic mass is 16.3. The first-order valence-corrected chi connectivity index (χ1v) is 13.2. The lowest BCUT2D eigenvalue weighted by Gasteiger charge is -2.34. The number of nitrogens with one attached hydrogen (secondary N) is 1. The van der Waals surface area contributed by atoms with Gasteiger partial charge < -0.3 is 15.3 Å². The number of aliphatic hydroxyl groups is 1. The summed E-state index contributed by atoms with van der Waals surface area (Å²) in [5.74, 6) is -0.250. The zero-order chi connectivity index (χ0) is 27.2. The molecule has 1 aliphatic carbocycles. The summed E-state index contributed by atoms with van der Waals surface area (Å²) in [6.45, 7) is 7.87. The Kier molecular flexibility index (Phi) is 6.81. The first-order chi connectivity index (χ1) is 18.0. The zero-order valence-electron chi connectivity index (χ0n) is 22.2. The molecule has 4 atom stereocenters. The van der Waals surface area contributed by atoms with Gasteiger partial charge in [-0.3, -0.25) is 14.4 Å². The minimum atomic E-state index is -0.836. The topological polar surface area (TPSA) is 135 Å². The van der Waals surface area contributed by atoms with Gasteiger partial charge in [-0.05, 0) is 31.2 Å². The normalized spacial score (nSPS) is 21.4. The first kappa shape index (κ1) is 26.0. The molecule has 3 aromatic rings. The third-order valence-electron chi connectivity index (χ3n) is 7.30. The van der Waals surface area contributed by atoms with Crippen LogP contribution in [0.3, 0.4) is 0 Å². The van der Waals surface area contributed by atoms with E-state index in [-0.39, 0.29) is 36.9 Å². The SMILES string of the molecule is CC(Cn1ncc2ccccc2c1=O)NC(=O)[C@@H]1C[C@@H](O)CN1C(=O)[C@@H](n1cc(C2CC2)nn1)C(C)(C)C. The van der Waals surface area contributed by atoms with Crippen molar-refractivity contribution in [1.82, 2.24) is 35.0 Å². The summed E-state index contributed by atoms with van der Waals surface area (Å²) in [5, 5.41) is 27.5. The maximum Gasteiger partial charge on any atom is 0.274 e. The van der Waals surface area contributed by atoms with Crippen LogP contribution in [0.5, 0.6) is 0 Å². The van der Waals surface area contributed by atoms with E-state index >= 15 is 0 Å². The number of fused-ring (bicyclic) bond motifs is 1. The smallest absolute Gasteiger partial charge is 0.274 e. The van der Waals surface area contributed by atoms with E-state index in [0.717, 1.165) is 23.9 Å². The van der Waals surface area contributed by atoms with E-state index in [1.165, 1.54) is 9.58 Å². The molecule has 2 N–H and O–H groups in total. The number of β-amino-alcohol motifs (C(OH)–C–C–N with tert-alkyl or cyclic N) is 1. The van der Waals surface area contributed by atoms with E-state index in [1.807, 2.05) is 39.1 Å². The third kappa shape index (κ3) is 5.20. The van der Waals surface area contributed by atoms with Crippen molar-refractivity contribution in [3.8, 4) is 0 Å². The molecule has 11 heteroatoms. The summed E-state index contributed by atoms with van der Waals surface area (Å²) >= 11 is 0. The third-order valence-corrected chi connectivity index (χ3v) is 7.30. The summed E-state index contributed by atoms with van der Waals surface area (Å²) in [5.41, 5.74) is 0.147. The molecule has 2 aliphatic rings. The second kappa shape index (κ2) is 9.94. The fourth-order valence-electron chi connectivity index (χ4n) is 5.23. The average molecular weight is 522 g/mol. The molecule has 1 aliphatic heterocycles. The van der Waals surface area contributed by atoms with Crippen LogP contribution in [0.2, 0.25) is 0 Å². The Morgan fingerprint density at radius 2 is 1.95 bits per heavy atom. The summed E-state index contributed by atoms with van der Waals surface area (Å²) in [7, 11) is 0. The van der Waals surface area contributed by atoms with Crippen molar-refractivity contribution in [2.45, 2.75) is 83.6 Å². The lowest BCUT2D eigenvalue weighted by atomic mass is 9.85. The molecule has 3 heterocycles. The molecule has 2 fully saturated rings. The van der Waals surface area contributed by atoms with Crippen LogP contribution in [0.25, 0.3) is 10.8 Å². The van der Waals surface area contributed by atoms with Crippen LogP contribution in [0.15, 0.2) is 41.5 Å². The van der Waals surface area contributed by atoms with Crippen LogP contribution >= 0.6 is 0 Å². The van der Waals surface area contributed by atoms with Crippen molar-refractivity contribution < 1.29 is 14.7 Å². The molecule has 1 saturated carbocycles. The van der Waals surface area contributed by atoms with Crippen LogP contribution in [-0.2, 0) is 16.1 Å². The highest BCUT2D eigenvalue weighted by Crippen LogP contribution is 2.40. The summed E-state index contributed by atoms with van der Waals surface area (Å²) < 4.78 is 2.94. The maximum absolute atomic E-state index is 13.9. The molecule has 0 spiro atoms. The molecule has 5 rings (SSSR count). The van der Waals surface area contributed by atoms with Crippen molar-refractivity contribution >= 4 is 22.6 Å². The monoisotopic (exact) mass is 521 g/mol. The molecular weight excluding hydrogens is 486 g/mol. The van der Waals surface area contributed by atoms with Gasteiger partial charge in [0, 0.05) is 36.5 Å². The molecule has 1 saturated heterocycles. The Bertz CT molecular complexity index is 1400.